The molecule has 0 aromatic carbocycles. The Bertz CT molecular complexity index is 280. The summed E-state index contributed by atoms with van der Waals surface area (Å²) in [6.07, 6.45) is -0.141. The topological polar surface area (TPSA) is 89.6 Å². The van der Waals surface area contributed by atoms with Gasteiger partial charge in [-0.1, -0.05) is 0 Å². The maximum Gasteiger partial charge on any atom is 0.323 e. The number of carbonyl (C=O) groups excluding carboxylic acids is 1. The standard InChI is InChI=1S/C10H19FN2O4.2ClH/c1-13(2,7-11)5-6-17-10(16)8(12)3-4-9(14)15;;/h8H,3-7,12H2,1-2H3;2*1H. The fraction of sp³-hybridized carbons (Fsp3) is 0.800. The fourth-order valence-corrected chi connectivity index (χ4v) is 0.957. The van der Waals surface area contributed by atoms with Gasteiger partial charge in [-0.3, -0.25) is 14.1 Å². The summed E-state index contributed by atoms with van der Waals surface area (Å²) in [5.41, 5.74) is 5.43. The summed E-state index contributed by atoms with van der Waals surface area (Å²) in [6.45, 7) is -0.146. The molecule has 1 unspecified atom stereocenters. The molecule has 3 N–H and O–H groups in total. The summed E-state index contributed by atoms with van der Waals surface area (Å²) >= 11 is 0. The van der Waals surface area contributed by atoms with Crippen LogP contribution < -0.4 is 18.1 Å². The van der Waals surface area contributed by atoms with Gasteiger partial charge in [0, 0.05) is 6.42 Å². The fourth-order valence-electron chi connectivity index (χ4n) is 0.957. The van der Waals surface area contributed by atoms with Crippen LogP contribution in [0.3, 0.4) is 0 Å². The maximum atomic E-state index is 12.4. The molecule has 0 amide bonds. The lowest BCUT2D eigenvalue weighted by atomic mass is 10.2. The van der Waals surface area contributed by atoms with Crippen molar-refractivity contribution < 1.29 is 40.7 Å². The van der Waals surface area contributed by atoms with E-state index in [-0.39, 0.29) is 48.7 Å². The zero-order valence-corrected chi connectivity index (χ0v) is 12.5. The highest BCUT2D eigenvalue weighted by Crippen LogP contribution is 2.00. The first kappa shape index (κ1) is 23.5. The molecule has 6 nitrogen and oxygen atoms in total. The third kappa shape index (κ3) is 12.2. The average Bonchev–Trinajstić information content (AvgIpc) is 2.25. The minimum Gasteiger partial charge on any atom is -1.00 e. The molecule has 0 bridgehead atoms. The highest BCUT2D eigenvalue weighted by atomic mass is 35.5. The van der Waals surface area contributed by atoms with Gasteiger partial charge >= 0.3 is 11.9 Å². The van der Waals surface area contributed by atoms with E-state index in [2.05, 4.69) is 0 Å². The molecule has 1 atom stereocenters. The number of esters is 1. The SMILES string of the molecule is C[N+](C)(CF)CCOC(=O)C(N)CCC(=O)O.Cl.[Cl-]. The van der Waals surface area contributed by atoms with Crippen LogP contribution in [0.4, 0.5) is 4.39 Å². The predicted octanol–water partition coefficient (Wildman–Crippen LogP) is -2.85. The van der Waals surface area contributed by atoms with E-state index in [1.165, 1.54) is 0 Å². The molecule has 0 aromatic rings. The van der Waals surface area contributed by atoms with Crippen molar-refractivity contribution in [3.63, 3.8) is 0 Å². The predicted molar refractivity (Wildman–Crippen MR) is 66.0 cm³/mol. The Morgan fingerprint density at radius 2 is 1.95 bits per heavy atom. The van der Waals surface area contributed by atoms with Crippen LogP contribution >= 0.6 is 12.4 Å². The lowest BCUT2D eigenvalue weighted by molar-refractivity contribution is -0.902. The number of nitrogens with two attached hydrogens (primary N) is 1. The van der Waals surface area contributed by atoms with Crippen LogP contribution in [0, 0.1) is 0 Å². The molecule has 0 aliphatic heterocycles. The van der Waals surface area contributed by atoms with Crippen molar-refractivity contribution in [3.8, 4) is 0 Å². The number of hydrogen-bond acceptors (Lipinski definition) is 4. The Morgan fingerprint density at radius 3 is 2.37 bits per heavy atom. The van der Waals surface area contributed by atoms with Crippen molar-refractivity contribution in [1.29, 1.82) is 0 Å². The molecule has 9 heteroatoms. The number of ether oxygens (including phenoxy) is 1. The Balaban J connectivity index is -0.00000128. The summed E-state index contributed by atoms with van der Waals surface area (Å²) in [6, 6.07) is -0.938. The second-order valence-electron chi connectivity index (χ2n) is 4.49. The smallest absolute Gasteiger partial charge is 0.323 e. The molecule has 116 valence electrons. The zero-order valence-electron chi connectivity index (χ0n) is 11.0. The van der Waals surface area contributed by atoms with Gasteiger partial charge in [-0.2, -0.15) is 4.39 Å². The van der Waals surface area contributed by atoms with Crippen LogP contribution in [0.2, 0.25) is 0 Å². The molecule has 0 aliphatic carbocycles. The molecule has 0 saturated carbocycles. The highest BCUT2D eigenvalue weighted by molar-refractivity contribution is 5.85. The molecule has 0 heterocycles. The van der Waals surface area contributed by atoms with E-state index in [0.717, 1.165) is 0 Å². The molecular formula is C10H21Cl2FN2O4. The number of nitrogens with zero attached hydrogens (tertiary/aromatic N) is 1. The maximum absolute atomic E-state index is 12.4. The number of carboxylic acid groups (broad SMARTS) is 1. The number of quaternary nitrogens is 1. The lowest BCUT2D eigenvalue weighted by Gasteiger charge is -2.25. The first-order chi connectivity index (χ1) is 7.78. The lowest BCUT2D eigenvalue weighted by Crippen LogP contribution is -3.00. The third-order valence-corrected chi connectivity index (χ3v) is 2.24. The number of rotatable bonds is 8. The average molecular weight is 323 g/mol. The van der Waals surface area contributed by atoms with Crippen LogP contribution in [0.15, 0.2) is 0 Å². The van der Waals surface area contributed by atoms with Gasteiger partial charge in [0.25, 0.3) is 0 Å². The van der Waals surface area contributed by atoms with Crippen LogP contribution in [0.1, 0.15) is 12.8 Å². The van der Waals surface area contributed by atoms with Gasteiger partial charge < -0.3 is 28.0 Å². The van der Waals surface area contributed by atoms with E-state index in [0.29, 0.717) is 6.54 Å². The zero-order chi connectivity index (χ0) is 13.5. The summed E-state index contributed by atoms with van der Waals surface area (Å²) < 4.78 is 17.3. The number of carbonyl (C=O) groups is 2. The normalized spacial score (nSPS) is 11.8. The van der Waals surface area contributed by atoms with Crippen molar-refractivity contribution in [2.24, 2.45) is 5.73 Å². The van der Waals surface area contributed by atoms with Crippen LogP contribution in [-0.2, 0) is 14.3 Å². The Hall–Kier alpha value is -0.630. The number of carboxylic acids is 1. The summed E-state index contributed by atoms with van der Waals surface area (Å²) in [5.74, 6) is -1.66. The van der Waals surface area contributed by atoms with E-state index in [1.54, 1.807) is 14.1 Å². The van der Waals surface area contributed by atoms with E-state index in [9.17, 15) is 14.0 Å². The molecule has 0 radical (unpaired) electrons. The molecule has 0 rings (SSSR count). The molecule has 0 aliphatic rings. The largest absolute Gasteiger partial charge is 1.00 e. The molecule has 19 heavy (non-hydrogen) atoms. The van der Waals surface area contributed by atoms with Gasteiger partial charge in [-0.15, -0.1) is 12.4 Å². The number of hydrogen-bond donors (Lipinski definition) is 2. The quantitative estimate of drug-likeness (QED) is 0.285. The third-order valence-electron chi connectivity index (χ3n) is 2.24. The van der Waals surface area contributed by atoms with Crippen molar-refractivity contribution >= 4 is 24.3 Å². The molecule has 0 spiro atoms. The molecule has 0 fully saturated rings. The highest BCUT2D eigenvalue weighted by Gasteiger charge is 2.19. The van der Waals surface area contributed by atoms with Gasteiger partial charge in [0.2, 0.25) is 6.80 Å². The van der Waals surface area contributed by atoms with E-state index in [1.807, 2.05) is 0 Å². The van der Waals surface area contributed by atoms with Gasteiger partial charge in [0.1, 0.15) is 19.2 Å². The number of likely N-dealkylation sites (N-methyl/N-ethyl adjacent to an activating group) is 1. The van der Waals surface area contributed by atoms with Crippen molar-refractivity contribution in [1.82, 2.24) is 0 Å². The van der Waals surface area contributed by atoms with Crippen LogP contribution in [-0.4, -0.2) is 61.6 Å². The Labute approximate surface area is 124 Å². The van der Waals surface area contributed by atoms with Gasteiger partial charge in [-0.25, -0.2) is 0 Å². The van der Waals surface area contributed by atoms with Gasteiger partial charge in [0.15, 0.2) is 0 Å². The van der Waals surface area contributed by atoms with Crippen LogP contribution in [0.25, 0.3) is 0 Å². The second kappa shape index (κ2) is 11.2. The van der Waals surface area contributed by atoms with E-state index in [4.69, 9.17) is 15.6 Å². The first-order valence-corrected chi connectivity index (χ1v) is 5.30. The van der Waals surface area contributed by atoms with Crippen molar-refractivity contribution in [3.05, 3.63) is 0 Å². The summed E-state index contributed by atoms with van der Waals surface area (Å²) in [4.78, 5) is 21.5. The Kier molecular flexibility index (Phi) is 13.9. The van der Waals surface area contributed by atoms with Crippen molar-refractivity contribution in [2.75, 3.05) is 34.0 Å². The monoisotopic (exact) mass is 322 g/mol. The minimum absolute atomic E-state index is 0. The van der Waals surface area contributed by atoms with E-state index < -0.39 is 24.8 Å². The van der Waals surface area contributed by atoms with Crippen molar-refractivity contribution in [2.45, 2.75) is 18.9 Å². The van der Waals surface area contributed by atoms with Crippen LogP contribution in [0.5, 0.6) is 0 Å². The Morgan fingerprint density at radius 1 is 1.42 bits per heavy atom. The first-order valence-electron chi connectivity index (χ1n) is 5.30. The minimum atomic E-state index is -1.01. The van der Waals surface area contributed by atoms with E-state index >= 15 is 0 Å². The summed E-state index contributed by atoms with van der Waals surface area (Å²) in [5, 5.41) is 8.41. The van der Waals surface area contributed by atoms with Gasteiger partial charge in [0.05, 0.1) is 14.1 Å². The number of alkyl halides is 1. The second-order valence-corrected chi connectivity index (χ2v) is 4.49. The molecular weight excluding hydrogens is 302 g/mol. The summed E-state index contributed by atoms with van der Waals surface area (Å²) in [7, 11) is 3.33. The number of aliphatic carboxylic acids is 1. The molecule has 0 saturated heterocycles. The number of halogens is 3. The molecule has 0 aromatic heterocycles. The van der Waals surface area contributed by atoms with Gasteiger partial charge in [-0.05, 0) is 6.42 Å².